The Balaban J connectivity index is 2.06. The Hall–Kier alpha value is -3.17. The number of carbonyl (C=O) groups is 2. The molecule has 24 heavy (non-hydrogen) atoms. The van der Waals surface area contributed by atoms with Crippen molar-refractivity contribution in [3.63, 3.8) is 0 Å². The first-order valence-electron chi connectivity index (χ1n) is 7.26. The minimum atomic E-state index is -1.44. The van der Waals surface area contributed by atoms with Gasteiger partial charge in [0, 0.05) is 6.42 Å². The van der Waals surface area contributed by atoms with Gasteiger partial charge in [-0.15, -0.1) is 0 Å². The first-order valence-corrected chi connectivity index (χ1v) is 7.26. The van der Waals surface area contributed by atoms with Crippen molar-refractivity contribution in [2.24, 2.45) is 0 Å². The van der Waals surface area contributed by atoms with Gasteiger partial charge in [0.1, 0.15) is 6.04 Å². The summed E-state index contributed by atoms with van der Waals surface area (Å²) in [4.78, 5) is 23.5. The number of aliphatic hydroxyl groups is 1. The number of benzene rings is 2. The molecule has 0 aliphatic carbocycles. The summed E-state index contributed by atoms with van der Waals surface area (Å²) < 4.78 is 0. The maximum absolute atomic E-state index is 12.1. The van der Waals surface area contributed by atoms with Crippen LogP contribution in [0.15, 0.2) is 54.6 Å². The van der Waals surface area contributed by atoms with E-state index in [1.807, 2.05) is 6.07 Å². The number of nitriles is 1. The van der Waals surface area contributed by atoms with Crippen LogP contribution >= 0.6 is 0 Å². The molecule has 2 atom stereocenters. The van der Waals surface area contributed by atoms with Gasteiger partial charge >= 0.3 is 5.97 Å². The summed E-state index contributed by atoms with van der Waals surface area (Å²) in [5.74, 6) is -1.98. The van der Waals surface area contributed by atoms with Crippen molar-refractivity contribution in [2.75, 3.05) is 0 Å². The number of carboxylic acids is 1. The number of rotatable bonds is 6. The van der Waals surface area contributed by atoms with Gasteiger partial charge in [0.25, 0.3) is 5.91 Å². The molecule has 0 heterocycles. The fourth-order valence-electron chi connectivity index (χ4n) is 2.19. The minimum absolute atomic E-state index is 0.0499. The summed E-state index contributed by atoms with van der Waals surface area (Å²) in [6.07, 6.45) is -1.39. The molecular weight excluding hydrogens is 308 g/mol. The molecule has 1 amide bonds. The molecule has 0 aliphatic heterocycles. The molecule has 122 valence electrons. The third-order valence-corrected chi connectivity index (χ3v) is 3.50. The van der Waals surface area contributed by atoms with Crippen molar-refractivity contribution in [2.45, 2.75) is 18.6 Å². The van der Waals surface area contributed by atoms with Crippen LogP contribution in [-0.4, -0.2) is 28.1 Å². The number of carboxylic acid groups (broad SMARTS) is 1. The van der Waals surface area contributed by atoms with Crippen LogP contribution in [0.3, 0.4) is 0 Å². The summed E-state index contributed by atoms with van der Waals surface area (Å²) >= 11 is 0. The van der Waals surface area contributed by atoms with E-state index < -0.39 is 24.0 Å². The average molecular weight is 324 g/mol. The van der Waals surface area contributed by atoms with E-state index in [0.29, 0.717) is 16.7 Å². The number of hydrogen-bond donors (Lipinski definition) is 3. The zero-order valence-corrected chi connectivity index (χ0v) is 12.7. The highest BCUT2D eigenvalue weighted by Gasteiger charge is 2.25. The number of nitrogens with one attached hydrogen (secondary N) is 1. The molecule has 3 N–H and O–H groups in total. The fourth-order valence-corrected chi connectivity index (χ4v) is 2.19. The van der Waals surface area contributed by atoms with Crippen LogP contribution in [0.5, 0.6) is 0 Å². The van der Waals surface area contributed by atoms with Crippen LogP contribution in [0.25, 0.3) is 0 Å². The quantitative estimate of drug-likeness (QED) is 0.744. The monoisotopic (exact) mass is 324 g/mol. The van der Waals surface area contributed by atoms with Crippen LogP contribution in [-0.2, 0) is 16.0 Å². The molecule has 0 saturated heterocycles. The topological polar surface area (TPSA) is 110 Å². The number of amides is 1. The van der Waals surface area contributed by atoms with Crippen molar-refractivity contribution in [3.8, 4) is 6.07 Å². The molecule has 0 saturated carbocycles. The lowest BCUT2D eigenvalue weighted by Crippen LogP contribution is -2.44. The highest BCUT2D eigenvalue weighted by atomic mass is 16.4. The van der Waals surface area contributed by atoms with Crippen LogP contribution in [0, 0.1) is 11.3 Å². The van der Waals surface area contributed by atoms with Gasteiger partial charge in [-0.1, -0.05) is 42.5 Å². The number of nitrogens with zero attached hydrogens (tertiary/aromatic N) is 1. The van der Waals surface area contributed by atoms with Crippen LogP contribution in [0.2, 0.25) is 0 Å². The summed E-state index contributed by atoms with van der Waals surface area (Å²) in [7, 11) is 0. The SMILES string of the molecule is N#Cc1ccc(C[C@@H](NC(=O)[C@@H](O)c2ccccc2)C(=O)O)cc1. The largest absolute Gasteiger partial charge is 0.480 e. The first kappa shape index (κ1) is 17.2. The lowest BCUT2D eigenvalue weighted by atomic mass is 10.0. The maximum atomic E-state index is 12.1. The van der Waals surface area contributed by atoms with E-state index in [1.165, 1.54) is 0 Å². The van der Waals surface area contributed by atoms with E-state index in [9.17, 15) is 19.8 Å². The Bertz CT molecular complexity index is 751. The second-order valence-electron chi connectivity index (χ2n) is 5.23. The number of carbonyl (C=O) groups excluding carboxylic acids is 1. The number of hydrogen-bond acceptors (Lipinski definition) is 4. The molecule has 2 rings (SSSR count). The maximum Gasteiger partial charge on any atom is 0.326 e. The van der Waals surface area contributed by atoms with Gasteiger partial charge in [-0.05, 0) is 23.3 Å². The third-order valence-electron chi connectivity index (χ3n) is 3.50. The van der Waals surface area contributed by atoms with E-state index >= 15 is 0 Å². The van der Waals surface area contributed by atoms with E-state index in [2.05, 4.69) is 5.32 Å². The Morgan fingerprint density at radius 3 is 2.25 bits per heavy atom. The first-order chi connectivity index (χ1) is 11.5. The van der Waals surface area contributed by atoms with Gasteiger partial charge in [-0.3, -0.25) is 4.79 Å². The lowest BCUT2D eigenvalue weighted by molar-refractivity contribution is -0.143. The second kappa shape index (κ2) is 7.90. The smallest absolute Gasteiger partial charge is 0.326 e. The Kier molecular flexibility index (Phi) is 5.66. The Morgan fingerprint density at radius 2 is 1.71 bits per heavy atom. The summed E-state index contributed by atoms with van der Waals surface area (Å²) in [6.45, 7) is 0. The number of aliphatic hydroxyl groups excluding tert-OH is 1. The Morgan fingerprint density at radius 1 is 1.08 bits per heavy atom. The van der Waals surface area contributed by atoms with E-state index in [4.69, 9.17) is 5.26 Å². The Labute approximate surface area is 139 Å². The molecule has 0 spiro atoms. The molecule has 0 aliphatic rings. The van der Waals surface area contributed by atoms with E-state index in [-0.39, 0.29) is 6.42 Å². The lowest BCUT2D eigenvalue weighted by Gasteiger charge is -2.17. The van der Waals surface area contributed by atoms with E-state index in [1.54, 1.807) is 54.6 Å². The summed E-state index contributed by atoms with van der Waals surface area (Å²) in [6, 6.07) is 15.5. The zero-order chi connectivity index (χ0) is 17.5. The van der Waals surface area contributed by atoms with Gasteiger partial charge < -0.3 is 15.5 Å². The standard InChI is InChI=1S/C18H16N2O4/c19-11-13-8-6-12(7-9-13)10-15(18(23)24)20-17(22)16(21)14-4-2-1-3-5-14/h1-9,15-16,21H,10H2,(H,20,22)(H,23,24)/t15-,16+/m1/s1. The highest BCUT2D eigenvalue weighted by Crippen LogP contribution is 2.13. The fraction of sp³-hybridized carbons (Fsp3) is 0.167. The average Bonchev–Trinajstić information content (AvgIpc) is 2.61. The zero-order valence-electron chi connectivity index (χ0n) is 12.7. The normalized spacial score (nSPS) is 12.7. The molecule has 0 bridgehead atoms. The highest BCUT2D eigenvalue weighted by molar-refractivity contribution is 5.87. The molecule has 0 unspecified atom stereocenters. The predicted molar refractivity (Wildman–Crippen MR) is 85.8 cm³/mol. The molecule has 0 aromatic heterocycles. The molecule has 6 nitrogen and oxygen atoms in total. The van der Waals surface area contributed by atoms with Gasteiger partial charge in [-0.25, -0.2) is 4.79 Å². The molecule has 0 radical (unpaired) electrons. The van der Waals surface area contributed by atoms with Crippen LogP contribution < -0.4 is 5.32 Å². The van der Waals surface area contributed by atoms with Gasteiger partial charge in [0.2, 0.25) is 0 Å². The van der Waals surface area contributed by atoms with E-state index in [0.717, 1.165) is 0 Å². The third kappa shape index (κ3) is 4.41. The van der Waals surface area contributed by atoms with Gasteiger partial charge in [0.05, 0.1) is 11.6 Å². The van der Waals surface area contributed by atoms with Crippen molar-refractivity contribution < 1.29 is 19.8 Å². The molecule has 2 aromatic carbocycles. The van der Waals surface area contributed by atoms with Gasteiger partial charge in [-0.2, -0.15) is 5.26 Å². The van der Waals surface area contributed by atoms with Crippen molar-refractivity contribution >= 4 is 11.9 Å². The molecule has 6 heteroatoms. The van der Waals surface area contributed by atoms with Crippen LogP contribution in [0.4, 0.5) is 0 Å². The summed E-state index contributed by atoms with van der Waals surface area (Å²) in [5.41, 5.74) is 1.52. The van der Waals surface area contributed by atoms with Crippen molar-refractivity contribution in [1.29, 1.82) is 5.26 Å². The minimum Gasteiger partial charge on any atom is -0.480 e. The summed E-state index contributed by atoms with van der Waals surface area (Å²) in [5, 5.41) is 30.4. The molecule has 2 aromatic rings. The second-order valence-corrected chi connectivity index (χ2v) is 5.23. The van der Waals surface area contributed by atoms with Gasteiger partial charge in [0.15, 0.2) is 6.10 Å². The van der Waals surface area contributed by atoms with Crippen LogP contribution in [0.1, 0.15) is 22.8 Å². The van der Waals surface area contributed by atoms with Crippen molar-refractivity contribution in [1.82, 2.24) is 5.32 Å². The van der Waals surface area contributed by atoms with Crippen molar-refractivity contribution in [3.05, 3.63) is 71.3 Å². The molecular formula is C18H16N2O4. The number of aliphatic carboxylic acids is 1. The predicted octanol–water partition coefficient (Wildman–Crippen LogP) is 1.40. The molecule has 0 fully saturated rings.